The number of aromatic amines is 1. The van der Waals surface area contributed by atoms with E-state index < -0.39 is 10.0 Å². The Bertz CT molecular complexity index is 554. The van der Waals surface area contributed by atoms with Gasteiger partial charge in [-0.15, -0.1) is 0 Å². The molecule has 1 fully saturated rings. The summed E-state index contributed by atoms with van der Waals surface area (Å²) >= 11 is 0. The van der Waals surface area contributed by atoms with E-state index in [1.54, 1.807) is 4.31 Å². The van der Waals surface area contributed by atoms with Crippen LogP contribution in [0.1, 0.15) is 45.4 Å². The van der Waals surface area contributed by atoms with Crippen LogP contribution in [0.15, 0.2) is 11.2 Å². The zero-order valence-corrected chi connectivity index (χ0v) is 13.8. The third-order valence-electron chi connectivity index (χ3n) is 3.78. The van der Waals surface area contributed by atoms with Gasteiger partial charge in [-0.05, 0) is 25.7 Å². The number of hydrogen-bond donors (Lipinski definition) is 1. The number of hydrogen-bond acceptors (Lipinski definition) is 4. The van der Waals surface area contributed by atoms with E-state index in [-0.39, 0.29) is 16.9 Å². The maximum absolute atomic E-state index is 12.7. The van der Waals surface area contributed by atoms with E-state index in [4.69, 9.17) is 4.74 Å². The Balaban J connectivity index is 2.10. The highest BCUT2D eigenvalue weighted by molar-refractivity contribution is 7.89. The van der Waals surface area contributed by atoms with Crippen LogP contribution in [0.2, 0.25) is 0 Å². The third kappa shape index (κ3) is 3.84. The van der Waals surface area contributed by atoms with Gasteiger partial charge in [-0.25, -0.2) is 13.4 Å². The van der Waals surface area contributed by atoms with Gasteiger partial charge in [0.05, 0.1) is 12.8 Å². The van der Waals surface area contributed by atoms with Gasteiger partial charge in [-0.2, -0.15) is 4.31 Å². The zero-order valence-electron chi connectivity index (χ0n) is 13.0. The standard InChI is InChI=1S/C14H25N3O3S/c1-4-20-10-12-6-5-7-17(9-12)21(18,19)13-8-15-14(16-13)11(2)3/h8,11-12H,4-7,9-10H2,1-3H3,(H,15,16). The molecule has 1 unspecified atom stereocenters. The molecular formula is C14H25N3O3S. The van der Waals surface area contributed by atoms with Crippen molar-refractivity contribution in [2.45, 2.75) is 44.6 Å². The van der Waals surface area contributed by atoms with Crippen molar-refractivity contribution in [1.29, 1.82) is 0 Å². The number of imidazole rings is 1. The lowest BCUT2D eigenvalue weighted by Gasteiger charge is -2.31. The molecule has 1 aromatic heterocycles. The monoisotopic (exact) mass is 315 g/mol. The molecule has 0 aromatic carbocycles. The number of nitrogens with zero attached hydrogens (tertiary/aromatic N) is 2. The van der Waals surface area contributed by atoms with Gasteiger partial charge in [-0.1, -0.05) is 13.8 Å². The number of aromatic nitrogens is 2. The van der Waals surface area contributed by atoms with Crippen LogP contribution in [0.5, 0.6) is 0 Å². The van der Waals surface area contributed by atoms with Crippen molar-refractivity contribution in [3.63, 3.8) is 0 Å². The highest BCUT2D eigenvalue weighted by Crippen LogP contribution is 2.24. The molecule has 0 spiro atoms. The van der Waals surface area contributed by atoms with E-state index in [0.29, 0.717) is 32.1 Å². The molecule has 0 bridgehead atoms. The number of ether oxygens (including phenoxy) is 1. The molecule has 0 saturated carbocycles. The van der Waals surface area contributed by atoms with Crippen molar-refractivity contribution >= 4 is 10.0 Å². The quantitative estimate of drug-likeness (QED) is 0.871. The molecule has 2 rings (SSSR count). The Labute approximate surface area is 127 Å². The Morgan fingerprint density at radius 2 is 2.29 bits per heavy atom. The van der Waals surface area contributed by atoms with Crippen LogP contribution < -0.4 is 0 Å². The largest absolute Gasteiger partial charge is 0.381 e. The fourth-order valence-electron chi connectivity index (χ4n) is 2.55. The van der Waals surface area contributed by atoms with Crippen molar-refractivity contribution in [1.82, 2.24) is 14.3 Å². The molecule has 0 amide bonds. The van der Waals surface area contributed by atoms with Crippen molar-refractivity contribution in [2.75, 3.05) is 26.3 Å². The second kappa shape index (κ2) is 6.89. The predicted octanol–water partition coefficient (Wildman–Crippen LogP) is 1.97. The zero-order chi connectivity index (χ0) is 15.5. The molecule has 21 heavy (non-hydrogen) atoms. The lowest BCUT2D eigenvalue weighted by atomic mass is 10.0. The minimum atomic E-state index is -3.47. The lowest BCUT2D eigenvalue weighted by Crippen LogP contribution is -2.41. The maximum Gasteiger partial charge on any atom is 0.260 e. The minimum Gasteiger partial charge on any atom is -0.381 e. The van der Waals surface area contributed by atoms with E-state index in [1.165, 1.54) is 6.20 Å². The Morgan fingerprint density at radius 1 is 1.52 bits per heavy atom. The van der Waals surface area contributed by atoms with Crippen LogP contribution in [0, 0.1) is 5.92 Å². The Hall–Kier alpha value is -0.920. The predicted molar refractivity (Wildman–Crippen MR) is 80.7 cm³/mol. The second-order valence-corrected chi connectivity index (χ2v) is 7.72. The molecule has 0 radical (unpaired) electrons. The van der Waals surface area contributed by atoms with Crippen LogP contribution in [0.3, 0.4) is 0 Å². The summed E-state index contributed by atoms with van der Waals surface area (Å²) in [5.41, 5.74) is 0. The number of nitrogens with one attached hydrogen (secondary N) is 1. The first-order valence-electron chi connectivity index (χ1n) is 7.58. The van der Waals surface area contributed by atoms with Gasteiger partial charge in [0.1, 0.15) is 5.82 Å². The maximum atomic E-state index is 12.7. The van der Waals surface area contributed by atoms with Crippen molar-refractivity contribution in [3.05, 3.63) is 12.0 Å². The van der Waals surface area contributed by atoms with E-state index in [9.17, 15) is 8.42 Å². The summed E-state index contributed by atoms with van der Waals surface area (Å²) in [6.07, 6.45) is 3.32. The molecule has 7 heteroatoms. The Morgan fingerprint density at radius 3 is 2.90 bits per heavy atom. The SMILES string of the molecule is CCOCC1CCCN(S(=O)(=O)c2cnc(C(C)C)[nH]2)C1. The van der Waals surface area contributed by atoms with E-state index in [2.05, 4.69) is 9.97 Å². The molecule has 1 aromatic rings. The van der Waals surface area contributed by atoms with Gasteiger partial charge >= 0.3 is 0 Å². The van der Waals surface area contributed by atoms with Gasteiger partial charge in [0.2, 0.25) is 0 Å². The molecule has 120 valence electrons. The third-order valence-corrected chi connectivity index (χ3v) is 5.55. The van der Waals surface area contributed by atoms with Crippen molar-refractivity contribution in [3.8, 4) is 0 Å². The average molecular weight is 315 g/mol. The normalized spacial score (nSPS) is 21.0. The fourth-order valence-corrected chi connectivity index (χ4v) is 4.02. The molecule has 1 atom stereocenters. The smallest absolute Gasteiger partial charge is 0.260 e. The molecule has 1 N–H and O–H groups in total. The van der Waals surface area contributed by atoms with Crippen LogP contribution in [-0.2, 0) is 14.8 Å². The number of piperidine rings is 1. The van der Waals surface area contributed by atoms with Gasteiger partial charge in [-0.3, -0.25) is 0 Å². The summed E-state index contributed by atoms with van der Waals surface area (Å²) < 4.78 is 32.3. The summed E-state index contributed by atoms with van der Waals surface area (Å²) in [4.78, 5) is 7.10. The molecule has 6 nitrogen and oxygen atoms in total. The van der Waals surface area contributed by atoms with Crippen molar-refractivity contribution in [2.24, 2.45) is 5.92 Å². The molecule has 2 heterocycles. The van der Waals surface area contributed by atoms with Crippen LogP contribution in [-0.4, -0.2) is 49.0 Å². The first-order valence-corrected chi connectivity index (χ1v) is 9.02. The van der Waals surface area contributed by atoms with Gasteiger partial charge < -0.3 is 9.72 Å². The number of sulfonamides is 1. The first kappa shape index (κ1) is 16.5. The van der Waals surface area contributed by atoms with Gasteiger partial charge in [0.25, 0.3) is 10.0 Å². The van der Waals surface area contributed by atoms with Gasteiger partial charge in [0, 0.05) is 25.6 Å². The summed E-state index contributed by atoms with van der Waals surface area (Å²) in [6, 6.07) is 0. The van der Waals surface area contributed by atoms with Crippen LogP contribution >= 0.6 is 0 Å². The molecule has 0 aliphatic carbocycles. The topological polar surface area (TPSA) is 75.3 Å². The lowest BCUT2D eigenvalue weighted by molar-refractivity contribution is 0.0864. The first-order chi connectivity index (χ1) is 9.95. The fraction of sp³-hybridized carbons (Fsp3) is 0.786. The van der Waals surface area contributed by atoms with E-state index >= 15 is 0 Å². The van der Waals surface area contributed by atoms with E-state index in [1.807, 2.05) is 20.8 Å². The number of rotatable bonds is 6. The molecule has 1 aliphatic heterocycles. The van der Waals surface area contributed by atoms with Crippen LogP contribution in [0.25, 0.3) is 0 Å². The average Bonchev–Trinajstić information content (AvgIpc) is 2.96. The second-order valence-electron chi connectivity index (χ2n) is 5.82. The van der Waals surface area contributed by atoms with Crippen LogP contribution in [0.4, 0.5) is 0 Å². The summed E-state index contributed by atoms with van der Waals surface area (Å²) in [5, 5.41) is 0.197. The molecule has 1 saturated heterocycles. The molecular weight excluding hydrogens is 290 g/mol. The summed E-state index contributed by atoms with van der Waals surface area (Å²) in [7, 11) is -3.47. The van der Waals surface area contributed by atoms with E-state index in [0.717, 1.165) is 12.8 Å². The minimum absolute atomic E-state index is 0.181. The highest BCUT2D eigenvalue weighted by Gasteiger charge is 2.31. The summed E-state index contributed by atoms with van der Waals surface area (Å²) in [5.74, 6) is 1.17. The molecule has 1 aliphatic rings. The van der Waals surface area contributed by atoms with Crippen molar-refractivity contribution < 1.29 is 13.2 Å². The van der Waals surface area contributed by atoms with Gasteiger partial charge in [0.15, 0.2) is 5.03 Å². The number of H-pyrrole nitrogens is 1. The Kier molecular flexibility index (Phi) is 5.40. The summed E-state index contributed by atoms with van der Waals surface area (Å²) in [6.45, 7) is 8.31. The highest BCUT2D eigenvalue weighted by atomic mass is 32.2.